The van der Waals surface area contributed by atoms with Crippen LogP contribution < -0.4 is 5.32 Å². The Labute approximate surface area is 146 Å². The van der Waals surface area contributed by atoms with Gasteiger partial charge in [0.25, 0.3) is 5.91 Å². The summed E-state index contributed by atoms with van der Waals surface area (Å²) in [6.07, 6.45) is 4.91. The predicted molar refractivity (Wildman–Crippen MR) is 90.8 cm³/mol. The van der Waals surface area contributed by atoms with Crippen LogP contribution in [0.3, 0.4) is 0 Å². The number of nitrogens with one attached hydrogen (secondary N) is 1. The second-order valence-electron chi connectivity index (χ2n) is 5.86. The number of nitrogens with zero attached hydrogens (tertiary/aromatic N) is 4. The van der Waals surface area contributed by atoms with Gasteiger partial charge < -0.3 is 4.74 Å². The van der Waals surface area contributed by atoms with E-state index < -0.39 is 11.9 Å². The van der Waals surface area contributed by atoms with Crippen molar-refractivity contribution >= 4 is 34.0 Å². The van der Waals surface area contributed by atoms with Crippen molar-refractivity contribution in [1.82, 2.24) is 19.6 Å². The van der Waals surface area contributed by atoms with E-state index in [4.69, 9.17) is 4.74 Å². The van der Waals surface area contributed by atoms with Crippen LogP contribution in [-0.4, -0.2) is 38.6 Å². The Kier molecular flexibility index (Phi) is 3.92. The van der Waals surface area contributed by atoms with Gasteiger partial charge in [-0.05, 0) is 30.9 Å². The molecular weight excluding hydrogens is 342 g/mol. The van der Waals surface area contributed by atoms with Crippen molar-refractivity contribution in [3.05, 3.63) is 40.8 Å². The second-order valence-corrected chi connectivity index (χ2v) is 6.92. The molecule has 25 heavy (non-hydrogen) atoms. The maximum atomic E-state index is 12.4. The first kappa shape index (κ1) is 15.7. The van der Waals surface area contributed by atoms with Crippen LogP contribution in [-0.2, 0) is 11.2 Å². The highest BCUT2D eigenvalue weighted by atomic mass is 32.1. The fraction of sp³-hybridized carbons (Fsp3) is 0.312. The zero-order chi connectivity index (χ0) is 17.4. The van der Waals surface area contributed by atoms with Crippen molar-refractivity contribution in [3.63, 3.8) is 0 Å². The fourth-order valence-electron chi connectivity index (χ4n) is 2.51. The first-order chi connectivity index (χ1) is 12.1. The lowest BCUT2D eigenvalue weighted by Gasteiger charge is -2.01. The Balaban J connectivity index is 1.55. The van der Waals surface area contributed by atoms with Crippen LogP contribution in [0, 0.1) is 5.92 Å². The van der Waals surface area contributed by atoms with Gasteiger partial charge in [-0.1, -0.05) is 17.4 Å². The molecule has 3 aromatic heterocycles. The Morgan fingerprint density at radius 3 is 2.96 bits per heavy atom. The van der Waals surface area contributed by atoms with Gasteiger partial charge in [0, 0.05) is 12.6 Å². The minimum atomic E-state index is -0.496. The SMILES string of the molecule is COC(=O)c1cccc2nc(C(=O)Nc3nnc(CC4CC4)s3)cn12. The van der Waals surface area contributed by atoms with Crippen LogP contribution in [0.4, 0.5) is 5.13 Å². The number of hydrogen-bond acceptors (Lipinski definition) is 7. The number of carbonyl (C=O) groups is 2. The highest BCUT2D eigenvalue weighted by Gasteiger charge is 2.24. The van der Waals surface area contributed by atoms with Crippen LogP contribution >= 0.6 is 11.3 Å². The number of pyridine rings is 1. The fourth-order valence-corrected chi connectivity index (χ4v) is 3.36. The van der Waals surface area contributed by atoms with Crippen LogP contribution in [0.5, 0.6) is 0 Å². The van der Waals surface area contributed by atoms with E-state index in [2.05, 4.69) is 20.5 Å². The number of methoxy groups -OCH3 is 1. The molecule has 1 saturated carbocycles. The summed E-state index contributed by atoms with van der Waals surface area (Å²) in [7, 11) is 1.31. The molecule has 1 N–H and O–H groups in total. The molecule has 1 aliphatic carbocycles. The topological polar surface area (TPSA) is 98.5 Å². The van der Waals surface area contributed by atoms with Crippen LogP contribution in [0.1, 0.15) is 38.8 Å². The minimum Gasteiger partial charge on any atom is -0.464 e. The molecule has 0 aliphatic heterocycles. The Bertz CT molecular complexity index is 960. The van der Waals surface area contributed by atoms with E-state index in [1.54, 1.807) is 18.2 Å². The number of anilines is 1. The molecule has 0 spiro atoms. The summed E-state index contributed by atoms with van der Waals surface area (Å²) < 4.78 is 6.27. The van der Waals surface area contributed by atoms with E-state index in [-0.39, 0.29) is 5.69 Å². The van der Waals surface area contributed by atoms with E-state index in [1.165, 1.54) is 41.9 Å². The van der Waals surface area contributed by atoms with Crippen LogP contribution in [0.2, 0.25) is 0 Å². The highest BCUT2D eigenvalue weighted by Crippen LogP contribution is 2.33. The molecule has 3 heterocycles. The summed E-state index contributed by atoms with van der Waals surface area (Å²) in [5.41, 5.74) is 0.976. The molecule has 1 aliphatic rings. The molecule has 1 fully saturated rings. The Hall–Kier alpha value is -2.81. The number of esters is 1. The summed E-state index contributed by atoms with van der Waals surface area (Å²) in [6.45, 7) is 0. The number of fused-ring (bicyclic) bond motifs is 1. The number of aromatic nitrogens is 4. The third kappa shape index (κ3) is 3.22. The maximum Gasteiger partial charge on any atom is 0.355 e. The molecule has 0 aromatic carbocycles. The molecular formula is C16H15N5O3S. The number of ether oxygens (including phenoxy) is 1. The van der Waals surface area contributed by atoms with Crippen molar-refractivity contribution in [2.75, 3.05) is 12.4 Å². The quantitative estimate of drug-likeness (QED) is 0.703. The lowest BCUT2D eigenvalue weighted by atomic mass is 10.3. The maximum absolute atomic E-state index is 12.4. The number of carbonyl (C=O) groups excluding carboxylic acids is 2. The number of amides is 1. The largest absolute Gasteiger partial charge is 0.464 e. The normalized spacial score (nSPS) is 13.8. The van der Waals surface area contributed by atoms with Crippen molar-refractivity contribution < 1.29 is 14.3 Å². The first-order valence-electron chi connectivity index (χ1n) is 7.84. The summed E-state index contributed by atoms with van der Waals surface area (Å²) in [4.78, 5) is 28.5. The van der Waals surface area contributed by atoms with Gasteiger partial charge in [-0.2, -0.15) is 0 Å². The zero-order valence-corrected chi connectivity index (χ0v) is 14.2. The van der Waals surface area contributed by atoms with Gasteiger partial charge in [0.2, 0.25) is 5.13 Å². The Morgan fingerprint density at radius 2 is 2.20 bits per heavy atom. The summed E-state index contributed by atoms with van der Waals surface area (Å²) in [6, 6.07) is 5.00. The average Bonchev–Trinajstić information content (AvgIpc) is 3.14. The second kappa shape index (κ2) is 6.25. The lowest BCUT2D eigenvalue weighted by molar-refractivity contribution is 0.0592. The van der Waals surface area contributed by atoms with Gasteiger partial charge >= 0.3 is 5.97 Å². The first-order valence-corrected chi connectivity index (χ1v) is 8.66. The highest BCUT2D eigenvalue weighted by molar-refractivity contribution is 7.15. The molecule has 4 rings (SSSR count). The molecule has 0 radical (unpaired) electrons. The van der Waals surface area contributed by atoms with E-state index in [0.717, 1.165) is 11.4 Å². The third-order valence-corrected chi connectivity index (χ3v) is 4.83. The van der Waals surface area contributed by atoms with Crippen LogP contribution in [0.15, 0.2) is 24.4 Å². The molecule has 1 amide bonds. The van der Waals surface area contributed by atoms with Crippen LogP contribution in [0.25, 0.3) is 5.65 Å². The summed E-state index contributed by atoms with van der Waals surface area (Å²) in [5, 5.41) is 12.2. The molecule has 128 valence electrons. The number of rotatable bonds is 5. The predicted octanol–water partition coefficient (Wildman–Crippen LogP) is 2.18. The number of hydrogen-bond donors (Lipinski definition) is 1. The zero-order valence-electron chi connectivity index (χ0n) is 13.4. The molecule has 0 unspecified atom stereocenters. The molecule has 0 saturated heterocycles. The molecule has 3 aromatic rings. The van der Waals surface area contributed by atoms with Crippen molar-refractivity contribution in [1.29, 1.82) is 0 Å². The summed E-state index contributed by atoms with van der Waals surface area (Å²) >= 11 is 1.38. The van der Waals surface area contributed by atoms with E-state index in [0.29, 0.717) is 22.4 Å². The molecule has 9 heteroatoms. The van der Waals surface area contributed by atoms with Gasteiger partial charge in [-0.25, -0.2) is 9.78 Å². The molecule has 0 bridgehead atoms. The molecule has 8 nitrogen and oxygen atoms in total. The van der Waals surface area contributed by atoms with Gasteiger partial charge in [-0.15, -0.1) is 10.2 Å². The van der Waals surface area contributed by atoms with Crippen molar-refractivity contribution in [2.45, 2.75) is 19.3 Å². The smallest absolute Gasteiger partial charge is 0.355 e. The average molecular weight is 357 g/mol. The molecule has 0 atom stereocenters. The standard InChI is InChI=1S/C16H15N5O3S/c1-24-15(23)11-3-2-4-12-17-10(8-21(11)12)14(22)18-16-20-19-13(25-16)7-9-5-6-9/h2-4,8-9H,5-7H2,1H3,(H,18,20,22). The number of imidazole rings is 1. The van der Waals surface area contributed by atoms with E-state index in [9.17, 15) is 9.59 Å². The van der Waals surface area contributed by atoms with Gasteiger partial charge in [0.05, 0.1) is 7.11 Å². The van der Waals surface area contributed by atoms with E-state index in [1.807, 2.05) is 0 Å². The Morgan fingerprint density at radius 1 is 1.36 bits per heavy atom. The third-order valence-electron chi connectivity index (χ3n) is 3.97. The van der Waals surface area contributed by atoms with Crippen molar-refractivity contribution in [2.24, 2.45) is 5.92 Å². The van der Waals surface area contributed by atoms with Gasteiger partial charge in [0.1, 0.15) is 22.0 Å². The van der Waals surface area contributed by atoms with Crippen molar-refractivity contribution in [3.8, 4) is 0 Å². The minimum absolute atomic E-state index is 0.190. The lowest BCUT2D eigenvalue weighted by Crippen LogP contribution is -2.12. The van der Waals surface area contributed by atoms with E-state index >= 15 is 0 Å². The summed E-state index contributed by atoms with van der Waals surface area (Å²) in [5.74, 6) is -0.177. The van der Waals surface area contributed by atoms with Gasteiger partial charge in [0.15, 0.2) is 0 Å². The monoisotopic (exact) mass is 357 g/mol. The van der Waals surface area contributed by atoms with Gasteiger partial charge in [-0.3, -0.25) is 14.5 Å².